The molecule has 1 aliphatic heterocycles. The van der Waals surface area contributed by atoms with Gasteiger partial charge in [0.1, 0.15) is 11.7 Å². The number of hydrogen-bond donors (Lipinski definition) is 2. The molecule has 0 amide bonds. The smallest absolute Gasteiger partial charge is 0.324 e. The second-order valence-electron chi connectivity index (χ2n) is 9.57. The number of halogens is 9. The largest absolute Gasteiger partial charge is 0.421 e. The van der Waals surface area contributed by atoms with Crippen LogP contribution in [-0.2, 0) is 0 Å². The van der Waals surface area contributed by atoms with E-state index in [1.807, 2.05) is 4.98 Å². The van der Waals surface area contributed by atoms with Gasteiger partial charge in [0.2, 0.25) is 0 Å². The van der Waals surface area contributed by atoms with E-state index >= 15 is 4.39 Å². The Morgan fingerprint density at radius 1 is 1.08 bits per heavy atom. The number of alkyl halides is 9. The molecule has 1 saturated heterocycles. The van der Waals surface area contributed by atoms with Crippen LogP contribution in [0.15, 0.2) is 21.2 Å². The zero-order valence-electron chi connectivity index (χ0n) is 19.3. The maximum atomic E-state index is 15.7. The molecular weight excluding hydrogens is 523 g/mol. The highest BCUT2D eigenvalue weighted by Gasteiger charge is 2.51. The van der Waals surface area contributed by atoms with E-state index in [0.717, 1.165) is 4.57 Å². The second-order valence-corrected chi connectivity index (χ2v) is 9.57. The first-order valence-electron chi connectivity index (χ1n) is 11.4. The summed E-state index contributed by atoms with van der Waals surface area (Å²) in [5.74, 6) is -0.971. The molecule has 4 unspecified atom stereocenters. The van der Waals surface area contributed by atoms with Crippen molar-refractivity contribution in [3.8, 4) is 0 Å². The average molecular weight is 546 g/mol. The number of fused-ring (bicyclic) bond motifs is 1. The molecule has 0 bridgehead atoms. The molecule has 0 radical (unpaired) electrons. The summed E-state index contributed by atoms with van der Waals surface area (Å²) < 4.78 is 122. The number of aromatic nitrogens is 2. The van der Waals surface area contributed by atoms with Crippen molar-refractivity contribution in [1.29, 1.82) is 0 Å². The molecule has 2 fully saturated rings. The first-order valence-corrected chi connectivity index (χ1v) is 11.4. The Hall–Kier alpha value is -2.55. The number of likely N-dealkylation sites (tertiary alicyclic amines) is 1. The van der Waals surface area contributed by atoms with Gasteiger partial charge in [0.05, 0.1) is 16.6 Å². The number of allylic oxidation sites excluding steroid dienone is 1. The van der Waals surface area contributed by atoms with E-state index in [9.17, 15) is 44.7 Å². The molecule has 15 heteroatoms. The van der Waals surface area contributed by atoms with Gasteiger partial charge in [0.15, 0.2) is 0 Å². The molecule has 4 atom stereocenters. The monoisotopic (exact) mass is 546 g/mol. The van der Waals surface area contributed by atoms with Crippen LogP contribution in [0.1, 0.15) is 32.2 Å². The minimum Gasteiger partial charge on any atom is -0.324 e. The number of hydrogen-bond acceptors (Lipinski definition) is 4. The van der Waals surface area contributed by atoms with Crippen LogP contribution in [0.2, 0.25) is 0 Å². The number of aromatic amines is 1. The summed E-state index contributed by atoms with van der Waals surface area (Å²) in [6.07, 6.45) is -16.3. The van der Waals surface area contributed by atoms with Crippen molar-refractivity contribution in [1.82, 2.24) is 14.5 Å². The van der Waals surface area contributed by atoms with Crippen LogP contribution in [0.3, 0.4) is 0 Å². The highest BCUT2D eigenvalue weighted by Crippen LogP contribution is 2.40. The van der Waals surface area contributed by atoms with Gasteiger partial charge in [0.25, 0.3) is 12.0 Å². The van der Waals surface area contributed by atoms with E-state index in [2.05, 4.69) is 0 Å². The fourth-order valence-corrected chi connectivity index (χ4v) is 5.30. The Labute approximate surface area is 202 Å². The molecule has 3 aliphatic rings. The minimum atomic E-state index is -5.70. The lowest BCUT2D eigenvalue weighted by atomic mass is 9.89. The first-order chi connectivity index (χ1) is 17.0. The summed E-state index contributed by atoms with van der Waals surface area (Å²) in [4.78, 5) is 28.3. The fraction of sp³-hybridized carbons (Fsp3) is 0.636. The minimum absolute atomic E-state index is 0.0289. The number of rotatable bonds is 5. The third-order valence-electron chi connectivity index (χ3n) is 7.14. The van der Waals surface area contributed by atoms with Crippen LogP contribution in [0, 0.1) is 5.92 Å². The summed E-state index contributed by atoms with van der Waals surface area (Å²) in [5, 5.41) is -0.757. The van der Waals surface area contributed by atoms with Crippen molar-refractivity contribution in [3.05, 3.63) is 43.1 Å². The molecule has 2 heterocycles. The van der Waals surface area contributed by atoms with Gasteiger partial charge < -0.3 is 5.73 Å². The highest BCUT2D eigenvalue weighted by atomic mass is 19.4. The van der Waals surface area contributed by atoms with Crippen LogP contribution >= 0.6 is 0 Å². The molecule has 1 aromatic heterocycles. The van der Waals surface area contributed by atoms with Gasteiger partial charge in [-0.1, -0.05) is 6.08 Å². The van der Waals surface area contributed by atoms with E-state index in [4.69, 9.17) is 5.73 Å². The van der Waals surface area contributed by atoms with Gasteiger partial charge in [0, 0.05) is 24.2 Å². The molecule has 206 valence electrons. The van der Waals surface area contributed by atoms with E-state index in [-0.39, 0.29) is 42.6 Å². The zero-order chi connectivity index (χ0) is 27.6. The standard InChI is InChI=1S/C22H23F9N4O2/c1-8-16-14(19(36)33-20(37)35(16)10-2-3-10)13(18(24)25)15(23)17(8)34-5-4-9(7-34)11(32)6-12(21(26,27)28)22(29,30)31/h6,9-11,15,17-18H,2-5,7,32H2,1H3,(H,33,36,37). The van der Waals surface area contributed by atoms with E-state index in [1.165, 1.54) is 11.8 Å². The van der Waals surface area contributed by atoms with Crippen LogP contribution in [0.25, 0.3) is 11.1 Å². The Morgan fingerprint density at radius 3 is 2.19 bits per heavy atom. The van der Waals surface area contributed by atoms with Crippen LogP contribution in [0.5, 0.6) is 0 Å². The van der Waals surface area contributed by atoms with Gasteiger partial charge in [-0.3, -0.25) is 19.2 Å². The van der Waals surface area contributed by atoms with Gasteiger partial charge >= 0.3 is 18.0 Å². The van der Waals surface area contributed by atoms with Gasteiger partial charge in [-0.2, -0.15) is 26.3 Å². The summed E-state index contributed by atoms with van der Waals surface area (Å²) in [7, 11) is 0. The van der Waals surface area contributed by atoms with Crippen LogP contribution in [0.4, 0.5) is 39.5 Å². The van der Waals surface area contributed by atoms with Crippen molar-refractivity contribution < 1.29 is 39.5 Å². The van der Waals surface area contributed by atoms with Crippen molar-refractivity contribution in [2.75, 3.05) is 13.1 Å². The Kier molecular flexibility index (Phi) is 6.93. The molecule has 0 spiro atoms. The third kappa shape index (κ3) is 4.99. The topological polar surface area (TPSA) is 84.1 Å². The molecule has 3 N–H and O–H groups in total. The molecule has 0 aromatic carbocycles. The summed E-state index contributed by atoms with van der Waals surface area (Å²) in [6, 6.07) is -3.51. The predicted octanol–water partition coefficient (Wildman–Crippen LogP) is 1.88. The Balaban J connectivity index is 1.76. The number of nitrogens with two attached hydrogens (primary N) is 1. The van der Waals surface area contributed by atoms with Crippen molar-refractivity contribution in [2.45, 2.75) is 69.3 Å². The highest BCUT2D eigenvalue weighted by molar-refractivity contribution is 5.65. The summed E-state index contributed by atoms with van der Waals surface area (Å²) >= 11 is 0. The SMILES string of the molecule is CC1=c2c(c(=O)[nH]c(=O)n2C2CC2)=C(C(F)F)C(F)C1N1CCC(C(N)C=C(C(F)(F)F)C(F)(F)F)C1. The number of H-pyrrole nitrogens is 1. The average Bonchev–Trinajstić information content (AvgIpc) is 3.47. The molecule has 2 aliphatic carbocycles. The van der Waals surface area contributed by atoms with Gasteiger partial charge in [-0.15, -0.1) is 0 Å². The molecule has 37 heavy (non-hydrogen) atoms. The normalized spacial score (nSPS) is 26.0. The van der Waals surface area contributed by atoms with E-state index in [1.54, 1.807) is 0 Å². The van der Waals surface area contributed by atoms with Gasteiger partial charge in [-0.25, -0.2) is 18.0 Å². The summed E-state index contributed by atoms with van der Waals surface area (Å²) in [5.41, 5.74) is -0.106. The maximum Gasteiger partial charge on any atom is 0.421 e. The fourth-order valence-electron chi connectivity index (χ4n) is 5.30. The number of nitrogens with zero attached hydrogens (tertiary/aromatic N) is 2. The van der Waals surface area contributed by atoms with E-state index in [0.29, 0.717) is 12.8 Å². The Morgan fingerprint density at radius 2 is 1.68 bits per heavy atom. The van der Waals surface area contributed by atoms with E-state index < -0.39 is 70.6 Å². The third-order valence-corrected chi connectivity index (χ3v) is 7.14. The predicted molar refractivity (Wildman–Crippen MR) is 114 cm³/mol. The van der Waals surface area contributed by atoms with Crippen LogP contribution in [-0.4, -0.2) is 64.6 Å². The molecule has 1 saturated carbocycles. The first kappa shape index (κ1) is 27.5. The van der Waals surface area contributed by atoms with Crippen molar-refractivity contribution >= 4 is 11.1 Å². The Bertz CT molecular complexity index is 1320. The second kappa shape index (κ2) is 9.33. The number of nitrogens with one attached hydrogen (secondary N) is 1. The molecule has 1 aromatic rings. The molecule has 6 nitrogen and oxygen atoms in total. The van der Waals surface area contributed by atoms with Crippen LogP contribution < -0.4 is 27.6 Å². The molecular formula is C22H23F9N4O2. The lowest BCUT2D eigenvalue weighted by Gasteiger charge is -2.35. The quantitative estimate of drug-likeness (QED) is 0.437. The van der Waals surface area contributed by atoms with Gasteiger partial charge in [-0.05, 0) is 44.2 Å². The summed E-state index contributed by atoms with van der Waals surface area (Å²) in [6.45, 7) is 1.02. The lowest BCUT2D eigenvalue weighted by molar-refractivity contribution is -0.172. The maximum absolute atomic E-state index is 15.7. The van der Waals surface area contributed by atoms with Crippen molar-refractivity contribution in [2.24, 2.45) is 11.7 Å². The lowest BCUT2D eigenvalue weighted by Crippen LogP contribution is -2.62. The zero-order valence-corrected chi connectivity index (χ0v) is 19.3. The molecule has 4 rings (SSSR count). The van der Waals surface area contributed by atoms with Crippen molar-refractivity contribution in [3.63, 3.8) is 0 Å².